The van der Waals surface area contributed by atoms with Gasteiger partial charge in [-0.1, -0.05) is 19.8 Å². The van der Waals surface area contributed by atoms with Gasteiger partial charge in [0.25, 0.3) is 0 Å². The number of carbonyl (C=O) groups is 1. The summed E-state index contributed by atoms with van der Waals surface area (Å²) in [4.78, 5) is 14.9. The van der Waals surface area contributed by atoms with Gasteiger partial charge in [-0.05, 0) is 112 Å². The van der Waals surface area contributed by atoms with Crippen molar-refractivity contribution in [2.75, 3.05) is 0 Å². The molecule has 1 N–H and O–H groups in total. The van der Waals surface area contributed by atoms with Gasteiger partial charge >= 0.3 is 0 Å². The first-order valence-corrected chi connectivity index (χ1v) is 12.8. The second-order valence-corrected chi connectivity index (χ2v) is 11.9. The predicted octanol–water partition coefficient (Wildman–Crippen LogP) is 4.35. The lowest BCUT2D eigenvalue weighted by Crippen LogP contribution is -2.54. The topological polar surface area (TPSA) is 80.9 Å². The fourth-order valence-corrected chi connectivity index (χ4v) is 8.69. The zero-order chi connectivity index (χ0) is 21.8. The second-order valence-electron chi connectivity index (χ2n) is 11.9. The van der Waals surface area contributed by atoms with E-state index in [2.05, 4.69) is 29.3 Å². The molecule has 0 saturated heterocycles. The van der Waals surface area contributed by atoms with Gasteiger partial charge in [0.05, 0.1) is 5.60 Å². The van der Waals surface area contributed by atoms with E-state index in [1.165, 1.54) is 56.2 Å². The Morgan fingerprint density at radius 1 is 1.03 bits per heavy atom. The molecule has 0 spiro atoms. The maximum atomic E-state index is 13.4. The molecule has 0 aliphatic heterocycles. The molecular formula is C25H40N4O2. The highest BCUT2D eigenvalue weighted by Gasteiger charge is 2.56. The minimum atomic E-state index is -0.467. The molecule has 6 nitrogen and oxygen atoms in total. The van der Waals surface area contributed by atoms with Gasteiger partial charge in [-0.2, -0.15) is 4.80 Å². The van der Waals surface area contributed by atoms with Crippen molar-refractivity contribution >= 4 is 5.78 Å². The van der Waals surface area contributed by atoms with Gasteiger partial charge < -0.3 is 5.11 Å². The van der Waals surface area contributed by atoms with E-state index in [0.717, 1.165) is 37.0 Å². The van der Waals surface area contributed by atoms with Gasteiger partial charge in [0.1, 0.15) is 6.54 Å². The van der Waals surface area contributed by atoms with Crippen molar-refractivity contribution in [3.8, 4) is 0 Å². The fraction of sp³-hybridized carbons (Fsp3) is 0.920. The summed E-state index contributed by atoms with van der Waals surface area (Å²) < 4.78 is 0. The number of Topliss-reactive ketones (excluding diaryl/α,β-unsaturated/α-hetero) is 1. The predicted molar refractivity (Wildman–Crippen MR) is 118 cm³/mol. The smallest absolute Gasteiger partial charge is 0.171 e. The number of aryl methyl sites for hydroxylation is 1. The monoisotopic (exact) mass is 428 g/mol. The molecule has 4 aliphatic carbocycles. The van der Waals surface area contributed by atoms with E-state index in [4.69, 9.17) is 0 Å². The first kappa shape index (κ1) is 21.5. The molecule has 172 valence electrons. The van der Waals surface area contributed by atoms with Crippen LogP contribution in [0.5, 0.6) is 0 Å². The molecule has 6 heteroatoms. The molecule has 4 aliphatic rings. The fourth-order valence-electron chi connectivity index (χ4n) is 8.69. The van der Waals surface area contributed by atoms with Crippen molar-refractivity contribution in [3.05, 3.63) is 5.82 Å². The Bertz CT molecular complexity index is 820. The van der Waals surface area contributed by atoms with Gasteiger partial charge in [0.2, 0.25) is 0 Å². The van der Waals surface area contributed by atoms with Crippen LogP contribution in [-0.2, 0) is 11.3 Å². The molecule has 0 bridgehead atoms. The van der Waals surface area contributed by atoms with Crippen LogP contribution in [0.4, 0.5) is 0 Å². The van der Waals surface area contributed by atoms with Crippen LogP contribution in [0, 0.1) is 47.8 Å². The standard InChI is InChI=1S/C25H40N4O2/c1-16-26-28-29(27-16)15-23(30)22-8-4-7-21-20-10-9-17-14-24(2,31)12-5-6-18(17)19(20)11-13-25(21,22)3/h17-22,31H,4-15H2,1-3H3/t17-,18+,19-,20-,21+,22-,24-,25+/m1/s1. The molecule has 1 aromatic heterocycles. The zero-order valence-corrected chi connectivity index (χ0v) is 19.6. The van der Waals surface area contributed by atoms with Gasteiger partial charge in [0.15, 0.2) is 11.6 Å². The Labute approximate surface area is 186 Å². The zero-order valence-electron chi connectivity index (χ0n) is 19.6. The molecule has 0 unspecified atom stereocenters. The van der Waals surface area contributed by atoms with E-state index >= 15 is 0 Å². The molecule has 5 rings (SSSR count). The molecular weight excluding hydrogens is 388 g/mol. The molecule has 8 atom stereocenters. The minimum absolute atomic E-state index is 0.120. The third-order valence-electron chi connectivity index (χ3n) is 9.95. The second kappa shape index (κ2) is 7.93. The average molecular weight is 429 g/mol. The van der Waals surface area contributed by atoms with Crippen LogP contribution in [0.15, 0.2) is 0 Å². The van der Waals surface area contributed by atoms with E-state index in [1.54, 1.807) is 0 Å². The molecule has 1 heterocycles. The summed E-state index contributed by atoms with van der Waals surface area (Å²) in [6.45, 7) is 6.57. The minimum Gasteiger partial charge on any atom is -0.390 e. The lowest BCUT2D eigenvalue weighted by Gasteiger charge is -2.59. The normalized spacial score (nSPS) is 45.2. The first-order valence-electron chi connectivity index (χ1n) is 12.8. The molecule has 4 fully saturated rings. The number of hydrogen-bond acceptors (Lipinski definition) is 5. The van der Waals surface area contributed by atoms with Gasteiger partial charge in [-0.3, -0.25) is 4.79 Å². The van der Waals surface area contributed by atoms with Crippen molar-refractivity contribution in [1.29, 1.82) is 0 Å². The van der Waals surface area contributed by atoms with Crippen molar-refractivity contribution in [1.82, 2.24) is 20.2 Å². The molecule has 1 aromatic rings. The van der Waals surface area contributed by atoms with Crippen LogP contribution in [0.25, 0.3) is 0 Å². The number of aromatic nitrogens is 4. The maximum Gasteiger partial charge on any atom is 0.171 e. The summed E-state index contributed by atoms with van der Waals surface area (Å²) in [5.41, 5.74) is -0.347. The summed E-state index contributed by atoms with van der Waals surface area (Å²) in [6, 6.07) is 0. The maximum absolute atomic E-state index is 13.4. The van der Waals surface area contributed by atoms with Gasteiger partial charge in [-0.25, -0.2) is 0 Å². The summed E-state index contributed by atoms with van der Waals surface area (Å²) in [7, 11) is 0. The van der Waals surface area contributed by atoms with Crippen LogP contribution < -0.4 is 0 Å². The molecule has 4 saturated carbocycles. The van der Waals surface area contributed by atoms with Gasteiger partial charge in [-0.15, -0.1) is 10.2 Å². The molecule has 0 aromatic carbocycles. The molecule has 31 heavy (non-hydrogen) atoms. The van der Waals surface area contributed by atoms with Crippen LogP contribution >= 0.6 is 0 Å². The van der Waals surface area contributed by atoms with Crippen molar-refractivity contribution in [3.63, 3.8) is 0 Å². The summed E-state index contributed by atoms with van der Waals surface area (Å²) in [6.07, 6.45) is 12.9. The van der Waals surface area contributed by atoms with Crippen LogP contribution in [0.2, 0.25) is 0 Å². The van der Waals surface area contributed by atoms with E-state index in [1.807, 2.05) is 6.92 Å². The van der Waals surface area contributed by atoms with E-state index in [0.29, 0.717) is 23.4 Å². The highest BCUT2D eigenvalue weighted by Crippen LogP contribution is 2.63. The SMILES string of the molecule is Cc1nnn(CC(=O)[C@H]2CCC[C@H]3[C@@H]4CC[C@@H]5C[C@](C)(O)CCC[C@@H]5[C@H]4CC[C@]23C)n1. The van der Waals surface area contributed by atoms with Crippen LogP contribution in [0.1, 0.15) is 90.3 Å². The molecule has 0 amide bonds. The number of nitrogens with zero attached hydrogens (tertiary/aromatic N) is 4. The number of tetrazole rings is 1. The number of fused-ring (bicyclic) bond motifs is 5. The number of rotatable bonds is 3. The van der Waals surface area contributed by atoms with E-state index < -0.39 is 5.60 Å². The quantitative estimate of drug-likeness (QED) is 0.774. The Morgan fingerprint density at radius 2 is 1.87 bits per heavy atom. The average Bonchev–Trinajstić information content (AvgIpc) is 3.04. The Balaban J connectivity index is 1.34. The van der Waals surface area contributed by atoms with Crippen molar-refractivity contribution in [2.24, 2.45) is 40.9 Å². The van der Waals surface area contributed by atoms with Crippen LogP contribution in [0.3, 0.4) is 0 Å². The number of aliphatic hydroxyl groups is 1. The summed E-state index contributed by atoms with van der Waals surface area (Å²) in [5.74, 6) is 4.80. The lowest BCUT2D eigenvalue weighted by atomic mass is 9.45. The third-order valence-corrected chi connectivity index (χ3v) is 9.95. The van der Waals surface area contributed by atoms with Crippen molar-refractivity contribution < 1.29 is 9.90 Å². The summed E-state index contributed by atoms with van der Waals surface area (Å²) in [5, 5.41) is 23.0. The highest BCUT2D eigenvalue weighted by molar-refractivity contribution is 5.81. The summed E-state index contributed by atoms with van der Waals surface area (Å²) >= 11 is 0. The Morgan fingerprint density at radius 3 is 2.65 bits per heavy atom. The Kier molecular flexibility index (Phi) is 5.51. The number of hydrogen-bond donors (Lipinski definition) is 1. The van der Waals surface area contributed by atoms with E-state index in [-0.39, 0.29) is 17.9 Å². The first-order chi connectivity index (χ1) is 14.8. The largest absolute Gasteiger partial charge is 0.390 e. The highest BCUT2D eigenvalue weighted by atomic mass is 16.3. The number of carbonyl (C=O) groups excluding carboxylic acids is 1. The van der Waals surface area contributed by atoms with Crippen molar-refractivity contribution in [2.45, 2.75) is 104 Å². The third kappa shape index (κ3) is 3.87. The lowest BCUT2D eigenvalue weighted by molar-refractivity contribution is -0.144. The van der Waals surface area contributed by atoms with Crippen LogP contribution in [-0.4, -0.2) is 36.7 Å². The molecule has 0 radical (unpaired) electrons. The van der Waals surface area contributed by atoms with Gasteiger partial charge in [0, 0.05) is 5.92 Å². The van der Waals surface area contributed by atoms with E-state index in [9.17, 15) is 9.90 Å². The number of ketones is 1. The Hall–Kier alpha value is -1.30.